The average molecular weight is 389 g/mol. The summed E-state index contributed by atoms with van der Waals surface area (Å²) in [6.07, 6.45) is 4.72. The molecule has 7 heteroatoms. The molecule has 148 valence electrons. The second-order valence-corrected chi connectivity index (χ2v) is 7.70. The van der Waals surface area contributed by atoms with Gasteiger partial charge in [-0.15, -0.1) is 0 Å². The zero-order chi connectivity index (χ0) is 20.0. The van der Waals surface area contributed by atoms with Gasteiger partial charge in [0, 0.05) is 43.2 Å². The number of nitrogens with one attached hydrogen (secondary N) is 1. The molecule has 1 fully saturated rings. The average Bonchev–Trinajstić information content (AvgIpc) is 3.59. The summed E-state index contributed by atoms with van der Waals surface area (Å²) < 4.78 is 5.47. The van der Waals surface area contributed by atoms with Crippen LogP contribution >= 0.6 is 0 Å². The molecule has 0 radical (unpaired) electrons. The molecule has 1 aliphatic carbocycles. The van der Waals surface area contributed by atoms with Gasteiger partial charge in [-0.05, 0) is 37.0 Å². The summed E-state index contributed by atoms with van der Waals surface area (Å²) in [7, 11) is 3.69. The summed E-state index contributed by atoms with van der Waals surface area (Å²) in [5.74, 6) is 2.71. The van der Waals surface area contributed by atoms with Crippen molar-refractivity contribution in [3.63, 3.8) is 0 Å². The van der Waals surface area contributed by atoms with Crippen LogP contribution in [0.2, 0.25) is 0 Å². The first kappa shape index (κ1) is 17.8. The lowest BCUT2D eigenvalue weighted by Gasteiger charge is -2.26. The Bertz CT molecular complexity index is 1110. The number of pyridine rings is 1. The van der Waals surface area contributed by atoms with Crippen LogP contribution < -0.4 is 15.0 Å². The summed E-state index contributed by atoms with van der Waals surface area (Å²) >= 11 is 0. The first-order valence-electron chi connectivity index (χ1n) is 9.96. The maximum atomic E-state index is 12.4. The van der Waals surface area contributed by atoms with Crippen molar-refractivity contribution in [1.82, 2.24) is 20.3 Å². The van der Waals surface area contributed by atoms with Crippen LogP contribution in [-0.2, 0) is 13.0 Å². The molecule has 29 heavy (non-hydrogen) atoms. The van der Waals surface area contributed by atoms with Crippen molar-refractivity contribution < 1.29 is 9.53 Å². The Morgan fingerprint density at radius 2 is 2.10 bits per heavy atom. The second kappa shape index (κ2) is 6.99. The number of anilines is 1. The Hall–Kier alpha value is -3.22. The molecule has 0 atom stereocenters. The number of benzene rings is 1. The number of rotatable bonds is 5. The fraction of sp³-hybridized carbons (Fsp3) is 0.364. The van der Waals surface area contributed by atoms with Crippen molar-refractivity contribution in [2.45, 2.75) is 31.7 Å². The van der Waals surface area contributed by atoms with Gasteiger partial charge in [0.05, 0.1) is 7.11 Å². The van der Waals surface area contributed by atoms with Gasteiger partial charge in [-0.2, -0.15) is 0 Å². The van der Waals surface area contributed by atoms with Crippen molar-refractivity contribution in [3.05, 3.63) is 53.1 Å². The highest BCUT2D eigenvalue weighted by atomic mass is 16.5. The molecule has 1 aromatic carbocycles. The number of nitrogens with zero attached hydrogens (tertiary/aromatic N) is 4. The molecular formula is C22H23N5O2. The Morgan fingerprint density at radius 1 is 1.24 bits per heavy atom. The lowest BCUT2D eigenvalue weighted by Crippen LogP contribution is -2.35. The monoisotopic (exact) mass is 389 g/mol. The van der Waals surface area contributed by atoms with Crippen molar-refractivity contribution in [1.29, 1.82) is 0 Å². The highest BCUT2D eigenvalue weighted by Gasteiger charge is 2.32. The first-order chi connectivity index (χ1) is 14.2. The van der Waals surface area contributed by atoms with Crippen LogP contribution in [0, 0.1) is 0 Å². The molecule has 0 unspecified atom stereocenters. The number of carbonyl (C=O) groups excluding carboxylic acids is 1. The quantitative estimate of drug-likeness (QED) is 0.723. The van der Waals surface area contributed by atoms with Gasteiger partial charge >= 0.3 is 0 Å². The Morgan fingerprint density at radius 3 is 2.90 bits per heavy atom. The van der Waals surface area contributed by atoms with E-state index in [4.69, 9.17) is 9.72 Å². The molecule has 1 aliphatic heterocycles. The predicted molar refractivity (Wildman–Crippen MR) is 110 cm³/mol. The van der Waals surface area contributed by atoms with Crippen molar-refractivity contribution in [2.24, 2.45) is 0 Å². The first-order valence-corrected chi connectivity index (χ1v) is 9.96. The largest absolute Gasteiger partial charge is 0.494 e. The van der Waals surface area contributed by atoms with Gasteiger partial charge in [0.2, 0.25) is 0 Å². The molecule has 5 rings (SSSR count). The lowest BCUT2D eigenvalue weighted by molar-refractivity contribution is 0.0940. The van der Waals surface area contributed by atoms with E-state index in [-0.39, 0.29) is 5.91 Å². The minimum Gasteiger partial charge on any atom is -0.494 e. The minimum absolute atomic E-state index is 0.0932. The molecule has 1 saturated carbocycles. The fourth-order valence-corrected chi connectivity index (χ4v) is 3.97. The van der Waals surface area contributed by atoms with Crippen LogP contribution in [-0.4, -0.2) is 41.6 Å². The molecule has 1 N–H and O–H groups in total. The number of fused-ring (bicyclic) bond motifs is 2. The Labute approximate surface area is 169 Å². The smallest absolute Gasteiger partial charge is 0.270 e. The zero-order valence-corrected chi connectivity index (χ0v) is 16.6. The summed E-state index contributed by atoms with van der Waals surface area (Å²) in [6.45, 7) is 1.27. The molecule has 7 nitrogen and oxygen atoms in total. The standard InChI is InChI=1S/C22H23N5O2/c1-27(12-14-7-8-17(29-2)18-15(14)4-3-10-23-18)21-16-9-11-24-22(28)19(16)25-20(26-21)13-5-6-13/h3-4,7-8,10,13H,5-6,9,11-12H2,1-2H3,(H,24,28). The molecule has 3 heterocycles. The van der Waals surface area contributed by atoms with Gasteiger partial charge in [0.15, 0.2) is 0 Å². The number of carbonyl (C=O) groups is 1. The zero-order valence-electron chi connectivity index (χ0n) is 16.6. The van der Waals surface area contributed by atoms with Gasteiger partial charge in [0.1, 0.15) is 28.6 Å². The van der Waals surface area contributed by atoms with Crippen molar-refractivity contribution >= 4 is 22.6 Å². The molecule has 2 aromatic heterocycles. The molecule has 0 saturated heterocycles. The number of amides is 1. The second-order valence-electron chi connectivity index (χ2n) is 7.70. The number of aromatic nitrogens is 3. The minimum atomic E-state index is -0.0932. The summed E-state index contributed by atoms with van der Waals surface area (Å²) in [6, 6.07) is 8.03. The van der Waals surface area contributed by atoms with E-state index in [2.05, 4.69) is 32.3 Å². The molecule has 2 aliphatic rings. The van der Waals surface area contributed by atoms with E-state index in [1.165, 1.54) is 0 Å². The topological polar surface area (TPSA) is 80.2 Å². The number of ether oxygens (including phenoxy) is 1. The number of hydrogen-bond acceptors (Lipinski definition) is 6. The van der Waals surface area contributed by atoms with Crippen LogP contribution in [0.5, 0.6) is 5.75 Å². The van der Waals surface area contributed by atoms with E-state index in [1.807, 2.05) is 19.2 Å². The number of methoxy groups -OCH3 is 1. The van der Waals surface area contributed by atoms with Crippen molar-refractivity contribution in [2.75, 3.05) is 25.6 Å². The summed E-state index contributed by atoms with van der Waals surface area (Å²) in [5.41, 5.74) is 3.47. The van der Waals surface area contributed by atoms with Gasteiger partial charge in [0.25, 0.3) is 5.91 Å². The van der Waals surface area contributed by atoms with Crippen LogP contribution in [0.3, 0.4) is 0 Å². The van der Waals surface area contributed by atoms with E-state index in [1.54, 1.807) is 13.3 Å². The van der Waals surface area contributed by atoms with Crippen LogP contribution in [0.1, 0.15) is 46.2 Å². The van der Waals surface area contributed by atoms with E-state index >= 15 is 0 Å². The van der Waals surface area contributed by atoms with Crippen LogP contribution in [0.4, 0.5) is 5.82 Å². The summed E-state index contributed by atoms with van der Waals surface area (Å²) in [5, 5.41) is 3.96. The fourth-order valence-electron chi connectivity index (χ4n) is 3.97. The highest BCUT2D eigenvalue weighted by molar-refractivity contribution is 5.96. The molecule has 0 bridgehead atoms. The van der Waals surface area contributed by atoms with E-state index < -0.39 is 0 Å². The Kier molecular flexibility index (Phi) is 4.30. The van der Waals surface area contributed by atoms with Gasteiger partial charge in [-0.1, -0.05) is 12.1 Å². The van der Waals surface area contributed by atoms with Gasteiger partial charge in [-0.3, -0.25) is 9.78 Å². The maximum absolute atomic E-state index is 12.4. The van der Waals surface area contributed by atoms with Gasteiger partial charge < -0.3 is 15.0 Å². The predicted octanol–water partition coefficient (Wildman–Crippen LogP) is 2.83. The molecule has 0 spiro atoms. The molecular weight excluding hydrogens is 366 g/mol. The Balaban J connectivity index is 1.56. The SMILES string of the molecule is COc1ccc(CN(C)c2nc(C3CC3)nc3c2CCNC3=O)c2cccnc12. The van der Waals surface area contributed by atoms with Crippen LogP contribution in [0.15, 0.2) is 30.5 Å². The van der Waals surface area contributed by atoms with Crippen molar-refractivity contribution in [3.8, 4) is 5.75 Å². The normalized spacial score (nSPS) is 15.7. The molecule has 3 aromatic rings. The third kappa shape index (κ3) is 3.16. The lowest BCUT2D eigenvalue weighted by atomic mass is 10.0. The van der Waals surface area contributed by atoms with E-state index in [0.717, 1.165) is 58.7 Å². The highest BCUT2D eigenvalue weighted by Crippen LogP contribution is 2.40. The third-order valence-corrected chi connectivity index (χ3v) is 5.63. The summed E-state index contributed by atoms with van der Waals surface area (Å²) in [4.78, 5) is 28.5. The third-order valence-electron chi connectivity index (χ3n) is 5.63. The van der Waals surface area contributed by atoms with Gasteiger partial charge in [-0.25, -0.2) is 9.97 Å². The number of hydrogen-bond donors (Lipinski definition) is 1. The van der Waals surface area contributed by atoms with Crippen LogP contribution in [0.25, 0.3) is 10.9 Å². The van der Waals surface area contributed by atoms with E-state index in [9.17, 15) is 4.79 Å². The molecule has 1 amide bonds. The van der Waals surface area contributed by atoms with E-state index in [0.29, 0.717) is 24.7 Å². The maximum Gasteiger partial charge on any atom is 0.270 e.